The number of rotatable bonds is 8. The number of nitro benzene ring substituents is 1. The molecule has 0 saturated carbocycles. The van der Waals surface area contributed by atoms with Crippen molar-refractivity contribution in [3.8, 4) is 5.75 Å². The van der Waals surface area contributed by atoms with Crippen molar-refractivity contribution in [3.63, 3.8) is 0 Å². The van der Waals surface area contributed by atoms with Gasteiger partial charge in [-0.25, -0.2) is 0 Å². The Kier molecular flexibility index (Phi) is 7.07. The van der Waals surface area contributed by atoms with E-state index in [1.807, 2.05) is 46.8 Å². The lowest BCUT2D eigenvalue weighted by Crippen LogP contribution is -2.14. The van der Waals surface area contributed by atoms with Crippen LogP contribution in [0, 0.1) is 17.0 Å². The van der Waals surface area contributed by atoms with Gasteiger partial charge in [0.05, 0.1) is 4.92 Å². The number of nitrogens with zero attached hydrogens (tertiary/aromatic N) is 1. The van der Waals surface area contributed by atoms with Gasteiger partial charge < -0.3 is 9.50 Å². The van der Waals surface area contributed by atoms with Crippen LogP contribution in [0.1, 0.15) is 56.2 Å². The Labute approximate surface area is 194 Å². The van der Waals surface area contributed by atoms with Crippen molar-refractivity contribution in [2.45, 2.75) is 51.3 Å². The van der Waals surface area contributed by atoms with Gasteiger partial charge in [-0.05, 0) is 55.2 Å². The molecule has 0 aliphatic rings. The number of aryl methyl sites for hydroxylation is 1. The van der Waals surface area contributed by atoms with E-state index < -0.39 is 15.0 Å². The molecule has 0 aliphatic heterocycles. The average Bonchev–Trinajstić information content (AvgIpc) is 2.74. The van der Waals surface area contributed by atoms with Crippen LogP contribution in [0.15, 0.2) is 65.6 Å². The van der Waals surface area contributed by atoms with Crippen LogP contribution in [0.25, 0.3) is 0 Å². The number of hydrogen-bond donors (Lipinski definition) is 1. The first-order valence-corrected chi connectivity index (χ1v) is 12.1. The molecule has 3 aromatic rings. The molecular formula is C25H28N2O5S. The van der Waals surface area contributed by atoms with Gasteiger partial charge in [0.1, 0.15) is 10.6 Å². The van der Waals surface area contributed by atoms with E-state index in [0.29, 0.717) is 11.4 Å². The van der Waals surface area contributed by atoms with E-state index in [-0.39, 0.29) is 22.4 Å². The Morgan fingerprint density at radius 2 is 1.36 bits per heavy atom. The number of non-ortho nitro benzene ring substituents is 1. The highest BCUT2D eigenvalue weighted by Gasteiger charge is 2.24. The zero-order valence-corrected chi connectivity index (χ0v) is 20.1. The summed E-state index contributed by atoms with van der Waals surface area (Å²) in [7, 11) is -4.01. The number of hydrogen-bond acceptors (Lipinski definition) is 6. The van der Waals surface area contributed by atoms with Crippen LogP contribution < -0.4 is 9.50 Å². The summed E-state index contributed by atoms with van der Waals surface area (Å²) in [5.74, 6) is 0.323. The second kappa shape index (κ2) is 9.62. The monoisotopic (exact) mass is 468 g/mol. The van der Waals surface area contributed by atoms with Gasteiger partial charge in [0, 0.05) is 34.6 Å². The van der Waals surface area contributed by atoms with E-state index >= 15 is 0 Å². The molecule has 0 amide bonds. The molecule has 0 heterocycles. The molecule has 0 bridgehead atoms. The van der Waals surface area contributed by atoms with Gasteiger partial charge in [-0.15, -0.1) is 0 Å². The van der Waals surface area contributed by atoms with Crippen LogP contribution in [0.5, 0.6) is 5.75 Å². The van der Waals surface area contributed by atoms with E-state index in [1.54, 1.807) is 36.4 Å². The van der Waals surface area contributed by atoms with E-state index in [2.05, 4.69) is 5.32 Å². The fourth-order valence-electron chi connectivity index (χ4n) is 3.40. The third-order valence-corrected chi connectivity index (χ3v) is 6.50. The lowest BCUT2D eigenvalue weighted by atomic mass is 9.93. The van der Waals surface area contributed by atoms with Crippen LogP contribution in [0.3, 0.4) is 0 Å². The third kappa shape index (κ3) is 5.70. The minimum absolute atomic E-state index is 0.00988. The normalized spacial score (nSPS) is 11.6. The molecule has 1 N–H and O–H groups in total. The van der Waals surface area contributed by atoms with Crippen LogP contribution >= 0.6 is 0 Å². The van der Waals surface area contributed by atoms with Gasteiger partial charge in [0.2, 0.25) is 0 Å². The van der Waals surface area contributed by atoms with Crippen molar-refractivity contribution in [3.05, 3.63) is 87.5 Å². The molecule has 3 rings (SSSR count). The SMILES string of the molecule is Cc1ccc(S(=O)(=O)Oc2c(C(C)C)cc(Nc3ccc([N+](=O)[O-])cc3)cc2C(C)C)cc1. The molecule has 0 unspecified atom stereocenters. The van der Waals surface area contributed by atoms with E-state index in [4.69, 9.17) is 4.18 Å². The molecule has 0 saturated heterocycles. The summed E-state index contributed by atoms with van der Waals surface area (Å²) < 4.78 is 31.8. The fourth-order valence-corrected chi connectivity index (χ4v) is 4.37. The van der Waals surface area contributed by atoms with Crippen molar-refractivity contribution in [2.75, 3.05) is 5.32 Å². The van der Waals surface area contributed by atoms with Crippen molar-refractivity contribution in [2.24, 2.45) is 0 Å². The predicted octanol–water partition coefficient (Wildman–Crippen LogP) is 6.66. The number of nitro groups is 1. The molecule has 174 valence electrons. The van der Waals surface area contributed by atoms with Gasteiger partial charge >= 0.3 is 10.1 Å². The molecular weight excluding hydrogens is 440 g/mol. The third-order valence-electron chi connectivity index (χ3n) is 5.26. The first kappa shape index (κ1) is 24.3. The smallest absolute Gasteiger partial charge is 0.339 e. The van der Waals surface area contributed by atoms with E-state index in [1.165, 1.54) is 12.1 Å². The lowest BCUT2D eigenvalue weighted by molar-refractivity contribution is -0.384. The predicted molar refractivity (Wildman–Crippen MR) is 130 cm³/mol. The molecule has 0 aromatic heterocycles. The first-order chi connectivity index (χ1) is 15.5. The zero-order chi connectivity index (χ0) is 24.3. The summed E-state index contributed by atoms with van der Waals surface area (Å²) in [6, 6.07) is 16.4. The largest absolute Gasteiger partial charge is 0.378 e. The second-order valence-electron chi connectivity index (χ2n) is 8.57. The van der Waals surface area contributed by atoms with Crippen LogP contribution in [-0.2, 0) is 10.1 Å². The van der Waals surface area contributed by atoms with E-state index in [0.717, 1.165) is 22.4 Å². The highest BCUT2D eigenvalue weighted by Crippen LogP contribution is 2.39. The first-order valence-electron chi connectivity index (χ1n) is 10.7. The highest BCUT2D eigenvalue weighted by molar-refractivity contribution is 7.87. The molecule has 0 aliphatic carbocycles. The Hall–Kier alpha value is -3.39. The summed E-state index contributed by atoms with van der Waals surface area (Å²) in [6.07, 6.45) is 0. The number of anilines is 2. The van der Waals surface area contributed by atoms with Gasteiger partial charge in [0.25, 0.3) is 5.69 Å². The number of nitrogens with one attached hydrogen (secondary N) is 1. The fraction of sp³-hybridized carbons (Fsp3) is 0.280. The zero-order valence-electron chi connectivity index (χ0n) is 19.3. The second-order valence-corrected chi connectivity index (χ2v) is 10.1. The maximum absolute atomic E-state index is 13.0. The van der Waals surface area contributed by atoms with Crippen molar-refractivity contribution in [1.82, 2.24) is 0 Å². The van der Waals surface area contributed by atoms with Crippen molar-refractivity contribution in [1.29, 1.82) is 0 Å². The molecule has 3 aromatic carbocycles. The molecule has 0 radical (unpaired) electrons. The summed E-state index contributed by atoms with van der Waals surface area (Å²) in [6.45, 7) is 9.78. The van der Waals surface area contributed by atoms with Gasteiger partial charge in [-0.3, -0.25) is 10.1 Å². The average molecular weight is 469 g/mol. The maximum atomic E-state index is 13.0. The molecule has 8 heteroatoms. The Balaban J connectivity index is 2.03. The van der Waals surface area contributed by atoms with Gasteiger partial charge in [0.15, 0.2) is 0 Å². The van der Waals surface area contributed by atoms with Crippen molar-refractivity contribution >= 4 is 27.2 Å². The van der Waals surface area contributed by atoms with Crippen LogP contribution in [0.4, 0.5) is 17.1 Å². The molecule has 0 fully saturated rings. The minimum atomic E-state index is -4.01. The van der Waals surface area contributed by atoms with Crippen LogP contribution in [-0.4, -0.2) is 13.3 Å². The molecule has 33 heavy (non-hydrogen) atoms. The Morgan fingerprint density at radius 3 is 1.82 bits per heavy atom. The molecule has 0 spiro atoms. The number of benzene rings is 3. The summed E-state index contributed by atoms with van der Waals surface area (Å²) >= 11 is 0. The lowest BCUT2D eigenvalue weighted by Gasteiger charge is -2.22. The topological polar surface area (TPSA) is 98.5 Å². The molecule has 7 nitrogen and oxygen atoms in total. The van der Waals surface area contributed by atoms with Gasteiger partial charge in [-0.1, -0.05) is 45.4 Å². The van der Waals surface area contributed by atoms with Crippen molar-refractivity contribution < 1.29 is 17.5 Å². The minimum Gasteiger partial charge on any atom is -0.378 e. The maximum Gasteiger partial charge on any atom is 0.339 e. The van der Waals surface area contributed by atoms with E-state index in [9.17, 15) is 18.5 Å². The van der Waals surface area contributed by atoms with Crippen LogP contribution in [0.2, 0.25) is 0 Å². The summed E-state index contributed by atoms with van der Waals surface area (Å²) in [4.78, 5) is 10.6. The Morgan fingerprint density at radius 1 is 0.848 bits per heavy atom. The summed E-state index contributed by atoms with van der Waals surface area (Å²) in [5, 5.41) is 14.2. The summed E-state index contributed by atoms with van der Waals surface area (Å²) in [5.41, 5.74) is 3.91. The standard InChI is InChI=1S/C25H28N2O5S/c1-16(2)23-14-20(26-19-8-10-21(11-9-19)27(28)29)15-24(17(3)4)25(23)32-33(30,31)22-12-6-18(5)7-13-22/h6-17,26H,1-5H3. The van der Waals surface area contributed by atoms with Gasteiger partial charge in [-0.2, -0.15) is 8.42 Å². The molecule has 0 atom stereocenters. The Bertz CT molecular complexity index is 1220. The highest BCUT2D eigenvalue weighted by atomic mass is 32.2. The quantitative estimate of drug-likeness (QED) is 0.225.